The van der Waals surface area contributed by atoms with Crippen molar-refractivity contribution in [1.29, 1.82) is 0 Å². The average Bonchev–Trinajstić information content (AvgIpc) is 2.99. The van der Waals surface area contributed by atoms with Crippen molar-refractivity contribution in [2.45, 2.75) is 56.2 Å². The monoisotopic (exact) mass is 455 g/mol. The van der Waals surface area contributed by atoms with Crippen molar-refractivity contribution in [3.63, 3.8) is 0 Å². The molecule has 11 heteroatoms. The quantitative estimate of drug-likeness (QED) is 0.662. The number of amides is 1. The maximum atomic E-state index is 13.1. The summed E-state index contributed by atoms with van der Waals surface area (Å²) in [5.74, 6) is -0.227. The molecule has 174 valence electrons. The molecule has 3 rings (SSSR count). The van der Waals surface area contributed by atoms with Crippen molar-refractivity contribution in [2.75, 3.05) is 24.7 Å². The summed E-state index contributed by atoms with van der Waals surface area (Å²) in [7, 11) is 0. The number of anilines is 1. The summed E-state index contributed by atoms with van der Waals surface area (Å²) in [5, 5.41) is 19.8. The second kappa shape index (κ2) is 8.25. The Morgan fingerprint density at radius 1 is 1.00 bits per heavy atom. The first kappa shape index (κ1) is 23.8. The van der Waals surface area contributed by atoms with Crippen LogP contribution in [-0.2, 0) is 9.53 Å². The SMILES string of the molecule is O=C1N(c2ccc([C@@H](O)C(F)(F)F)cc2)CC[C@]12CC[C@@](O)(COCC(F)(F)F)CC2. The number of hydrogen-bond acceptors (Lipinski definition) is 4. The largest absolute Gasteiger partial charge is 0.418 e. The van der Waals surface area contributed by atoms with Gasteiger partial charge in [-0.3, -0.25) is 4.79 Å². The van der Waals surface area contributed by atoms with Gasteiger partial charge in [-0.25, -0.2) is 0 Å². The fraction of sp³-hybridized carbons (Fsp3) is 0.650. The zero-order chi connectivity index (χ0) is 23.1. The molecular weight excluding hydrogens is 432 g/mol. The van der Waals surface area contributed by atoms with E-state index in [1.165, 1.54) is 17.0 Å². The first-order valence-electron chi connectivity index (χ1n) is 9.78. The van der Waals surface area contributed by atoms with Gasteiger partial charge in [0.05, 0.1) is 17.6 Å². The molecule has 1 aromatic carbocycles. The van der Waals surface area contributed by atoms with Crippen LogP contribution in [0.3, 0.4) is 0 Å². The minimum absolute atomic E-state index is 0.112. The summed E-state index contributed by atoms with van der Waals surface area (Å²) in [6.45, 7) is -1.58. The Kier molecular flexibility index (Phi) is 6.34. The van der Waals surface area contributed by atoms with Crippen LogP contribution in [0.5, 0.6) is 0 Å². The van der Waals surface area contributed by atoms with E-state index in [2.05, 4.69) is 4.74 Å². The summed E-state index contributed by atoms with van der Waals surface area (Å²) < 4.78 is 79.2. The summed E-state index contributed by atoms with van der Waals surface area (Å²) in [6.07, 6.45) is -10.6. The lowest BCUT2D eigenvalue weighted by atomic mass is 9.68. The van der Waals surface area contributed by atoms with E-state index in [-0.39, 0.29) is 37.2 Å². The third-order valence-electron chi connectivity index (χ3n) is 6.12. The number of hydrogen-bond donors (Lipinski definition) is 2. The van der Waals surface area contributed by atoms with Crippen LogP contribution in [0, 0.1) is 5.41 Å². The van der Waals surface area contributed by atoms with Crippen LogP contribution in [0.4, 0.5) is 32.0 Å². The van der Waals surface area contributed by atoms with Crippen molar-refractivity contribution in [1.82, 2.24) is 0 Å². The van der Waals surface area contributed by atoms with Gasteiger partial charge in [-0.1, -0.05) is 12.1 Å². The molecule has 1 aliphatic carbocycles. The Balaban J connectivity index is 1.61. The smallest absolute Gasteiger partial charge is 0.387 e. The first-order valence-corrected chi connectivity index (χ1v) is 9.78. The molecule has 1 heterocycles. The van der Waals surface area contributed by atoms with E-state index >= 15 is 0 Å². The zero-order valence-corrected chi connectivity index (χ0v) is 16.5. The highest BCUT2D eigenvalue weighted by Crippen LogP contribution is 2.49. The highest BCUT2D eigenvalue weighted by molar-refractivity contribution is 6.00. The number of aliphatic hydroxyl groups excluding tert-OH is 1. The molecule has 2 N–H and O–H groups in total. The van der Waals surface area contributed by atoms with Crippen LogP contribution in [0.25, 0.3) is 0 Å². The molecule has 0 aromatic heterocycles. The summed E-state index contributed by atoms with van der Waals surface area (Å²) >= 11 is 0. The highest BCUT2D eigenvalue weighted by atomic mass is 19.4. The van der Waals surface area contributed by atoms with Crippen molar-refractivity contribution in [3.8, 4) is 0 Å². The number of alkyl halides is 6. The van der Waals surface area contributed by atoms with Gasteiger partial charge in [-0.05, 0) is 49.8 Å². The Morgan fingerprint density at radius 2 is 1.58 bits per heavy atom. The maximum Gasteiger partial charge on any atom is 0.418 e. The number of benzene rings is 1. The minimum Gasteiger partial charge on any atom is -0.387 e. The number of aliphatic hydroxyl groups is 2. The van der Waals surface area contributed by atoms with E-state index in [9.17, 15) is 41.4 Å². The number of ether oxygens (including phenoxy) is 1. The van der Waals surface area contributed by atoms with Crippen molar-refractivity contribution in [2.24, 2.45) is 5.41 Å². The average molecular weight is 455 g/mol. The molecule has 5 nitrogen and oxygen atoms in total. The van der Waals surface area contributed by atoms with Gasteiger partial charge in [-0.15, -0.1) is 0 Å². The third kappa shape index (κ3) is 5.32. The molecule has 0 bridgehead atoms. The summed E-state index contributed by atoms with van der Waals surface area (Å²) in [5.41, 5.74) is -2.13. The summed E-state index contributed by atoms with van der Waals surface area (Å²) in [4.78, 5) is 14.5. The molecule has 0 unspecified atom stereocenters. The van der Waals surface area contributed by atoms with Crippen LogP contribution < -0.4 is 4.90 Å². The molecule has 1 aliphatic heterocycles. The predicted molar refractivity (Wildman–Crippen MR) is 97.2 cm³/mol. The normalized spacial score (nSPS) is 28.4. The predicted octanol–water partition coefficient (Wildman–Crippen LogP) is 3.89. The number of carbonyl (C=O) groups excluding carboxylic acids is 1. The maximum absolute atomic E-state index is 13.1. The van der Waals surface area contributed by atoms with Gasteiger partial charge in [-0.2, -0.15) is 26.3 Å². The summed E-state index contributed by atoms with van der Waals surface area (Å²) in [6, 6.07) is 4.91. The molecule has 1 saturated carbocycles. The first-order chi connectivity index (χ1) is 14.2. The van der Waals surface area contributed by atoms with Crippen molar-refractivity contribution >= 4 is 11.6 Å². The highest BCUT2D eigenvalue weighted by Gasteiger charge is 2.51. The molecule has 1 amide bonds. The number of carbonyl (C=O) groups is 1. The fourth-order valence-electron chi connectivity index (χ4n) is 4.25. The van der Waals surface area contributed by atoms with Crippen LogP contribution in [0.15, 0.2) is 24.3 Å². The molecule has 2 fully saturated rings. The van der Waals surface area contributed by atoms with Crippen LogP contribution >= 0.6 is 0 Å². The van der Waals surface area contributed by atoms with Crippen molar-refractivity contribution in [3.05, 3.63) is 29.8 Å². The Labute approximate surface area is 174 Å². The van der Waals surface area contributed by atoms with Crippen LogP contribution in [-0.4, -0.2) is 53.8 Å². The van der Waals surface area contributed by atoms with E-state index in [1.54, 1.807) is 0 Å². The number of rotatable bonds is 5. The minimum atomic E-state index is -4.79. The zero-order valence-electron chi connectivity index (χ0n) is 16.5. The molecule has 0 radical (unpaired) electrons. The lowest BCUT2D eigenvalue weighted by Crippen LogP contribution is -2.46. The molecule has 1 saturated heterocycles. The molecule has 1 atom stereocenters. The Hall–Kier alpha value is -1.85. The van der Waals surface area contributed by atoms with Crippen molar-refractivity contribution < 1.29 is 46.1 Å². The fourth-order valence-corrected chi connectivity index (χ4v) is 4.25. The standard InChI is InChI=1S/C20H23F6NO4/c21-19(22,23)12-31-11-18(30)7-5-17(6-8-18)9-10-27(16(17)29)14-3-1-13(2-4-14)15(28)20(24,25)26/h1-4,15,28,30H,5-12H2/t15-,17-,18+/m1/s1. The van der Waals surface area contributed by atoms with Gasteiger partial charge in [0.2, 0.25) is 5.91 Å². The topological polar surface area (TPSA) is 70.0 Å². The van der Waals surface area contributed by atoms with E-state index in [4.69, 9.17) is 0 Å². The molecule has 31 heavy (non-hydrogen) atoms. The second-order valence-corrected chi connectivity index (χ2v) is 8.36. The Morgan fingerprint density at radius 3 is 2.10 bits per heavy atom. The van der Waals surface area contributed by atoms with Gasteiger partial charge in [0.1, 0.15) is 6.61 Å². The van der Waals surface area contributed by atoms with E-state index in [0.717, 1.165) is 12.1 Å². The van der Waals surface area contributed by atoms with Gasteiger partial charge in [0, 0.05) is 12.2 Å². The van der Waals surface area contributed by atoms with E-state index in [0.29, 0.717) is 18.7 Å². The molecule has 2 aliphatic rings. The van der Waals surface area contributed by atoms with Gasteiger partial charge < -0.3 is 19.8 Å². The second-order valence-electron chi connectivity index (χ2n) is 8.36. The Bertz CT molecular complexity index is 784. The van der Waals surface area contributed by atoms with Crippen LogP contribution in [0.1, 0.15) is 43.8 Å². The van der Waals surface area contributed by atoms with E-state index in [1.807, 2.05) is 0 Å². The number of nitrogens with zero attached hydrogens (tertiary/aromatic N) is 1. The van der Waals surface area contributed by atoms with Gasteiger partial charge in [0.25, 0.3) is 0 Å². The van der Waals surface area contributed by atoms with E-state index < -0.39 is 42.7 Å². The van der Waals surface area contributed by atoms with Crippen LogP contribution in [0.2, 0.25) is 0 Å². The number of halogens is 6. The third-order valence-corrected chi connectivity index (χ3v) is 6.12. The lowest BCUT2D eigenvalue weighted by Gasteiger charge is -2.40. The molecule has 1 aromatic rings. The lowest BCUT2D eigenvalue weighted by molar-refractivity contribution is -0.206. The van der Waals surface area contributed by atoms with Gasteiger partial charge in [0.15, 0.2) is 6.10 Å². The molecule has 1 spiro atoms. The molecular formula is C20H23F6NO4. The van der Waals surface area contributed by atoms with Gasteiger partial charge >= 0.3 is 12.4 Å².